The van der Waals surface area contributed by atoms with Crippen molar-refractivity contribution < 1.29 is 19.8 Å². The van der Waals surface area contributed by atoms with Crippen LogP contribution in [0.3, 0.4) is 0 Å². The van der Waals surface area contributed by atoms with Gasteiger partial charge in [0.15, 0.2) is 0 Å². The summed E-state index contributed by atoms with van der Waals surface area (Å²) in [5, 5.41) is 17.1. The summed E-state index contributed by atoms with van der Waals surface area (Å²) in [7, 11) is 0. The minimum Gasteiger partial charge on any atom is -0.508 e. The highest BCUT2D eigenvalue weighted by Gasteiger charge is 1.99. The number of benzene rings is 1. The summed E-state index contributed by atoms with van der Waals surface area (Å²) in [5.74, 6) is -1.35. The van der Waals surface area contributed by atoms with E-state index < -0.39 is 11.9 Å². The molecule has 0 aliphatic heterocycles. The van der Waals surface area contributed by atoms with Crippen molar-refractivity contribution >= 4 is 11.9 Å². The van der Waals surface area contributed by atoms with E-state index in [0.717, 1.165) is 0 Å². The van der Waals surface area contributed by atoms with Gasteiger partial charge in [-0.15, -0.1) is 0 Å². The Kier molecular flexibility index (Phi) is 5.04. The number of pyridine rings is 1. The van der Waals surface area contributed by atoms with E-state index in [4.69, 9.17) is 15.9 Å². The third kappa shape index (κ3) is 4.86. The van der Waals surface area contributed by atoms with Gasteiger partial charge >= 0.3 is 5.97 Å². The molecule has 0 aliphatic carbocycles. The number of nitrogens with zero attached hydrogens (tertiary/aromatic N) is 1. The van der Waals surface area contributed by atoms with Gasteiger partial charge in [0.1, 0.15) is 5.75 Å². The standard InChI is InChI=1S/C7H6O3.C6H6N2O/c8-6-3-1-5(2-4-6)7(9)10;7-6(9)5-2-1-3-8-4-5/h1-4,8H,(H,9,10);1-4H,(H2,7,9). The highest BCUT2D eigenvalue weighted by atomic mass is 16.4. The topological polar surface area (TPSA) is 114 Å². The molecule has 0 fully saturated rings. The molecule has 1 heterocycles. The number of rotatable bonds is 2. The minimum atomic E-state index is -0.986. The van der Waals surface area contributed by atoms with Gasteiger partial charge in [0.05, 0.1) is 11.1 Å². The molecule has 0 saturated heterocycles. The van der Waals surface area contributed by atoms with Crippen molar-refractivity contribution in [2.75, 3.05) is 0 Å². The number of primary amides is 1. The van der Waals surface area contributed by atoms with Gasteiger partial charge in [-0.2, -0.15) is 0 Å². The van der Waals surface area contributed by atoms with E-state index in [1.165, 1.54) is 30.5 Å². The molecule has 6 nitrogen and oxygen atoms in total. The third-order valence-corrected chi connectivity index (χ3v) is 2.06. The summed E-state index contributed by atoms with van der Waals surface area (Å²) < 4.78 is 0. The van der Waals surface area contributed by atoms with E-state index in [1.807, 2.05) is 0 Å². The summed E-state index contributed by atoms with van der Waals surface area (Å²) >= 11 is 0. The summed E-state index contributed by atoms with van der Waals surface area (Å²) in [5.41, 5.74) is 5.56. The number of carbonyl (C=O) groups excluding carboxylic acids is 1. The highest BCUT2D eigenvalue weighted by molar-refractivity contribution is 5.92. The first kappa shape index (κ1) is 14.2. The van der Waals surface area contributed by atoms with Crippen LogP contribution in [0.15, 0.2) is 48.8 Å². The van der Waals surface area contributed by atoms with Gasteiger partial charge in [-0.25, -0.2) is 4.79 Å². The fourth-order valence-corrected chi connectivity index (χ4v) is 1.11. The number of hydrogen-bond donors (Lipinski definition) is 3. The van der Waals surface area contributed by atoms with E-state index in [9.17, 15) is 9.59 Å². The van der Waals surface area contributed by atoms with Crippen LogP contribution in [0.1, 0.15) is 20.7 Å². The Morgan fingerprint density at radius 2 is 1.68 bits per heavy atom. The second-order valence-electron chi connectivity index (χ2n) is 3.46. The zero-order valence-corrected chi connectivity index (χ0v) is 9.85. The Morgan fingerprint density at radius 1 is 1.05 bits per heavy atom. The number of carboxylic acid groups (broad SMARTS) is 1. The molecular weight excluding hydrogens is 248 g/mol. The smallest absolute Gasteiger partial charge is 0.335 e. The Hall–Kier alpha value is -2.89. The number of hydrogen-bond acceptors (Lipinski definition) is 4. The minimum absolute atomic E-state index is 0.0741. The number of nitrogens with two attached hydrogens (primary N) is 1. The van der Waals surface area contributed by atoms with E-state index in [2.05, 4.69) is 4.98 Å². The number of aromatic hydroxyl groups is 1. The Bertz CT molecular complexity index is 553. The first-order valence-corrected chi connectivity index (χ1v) is 5.23. The number of phenolic OH excluding ortho intramolecular Hbond substituents is 1. The molecule has 0 saturated carbocycles. The summed E-state index contributed by atoms with van der Waals surface area (Å²) in [6.07, 6.45) is 3.02. The molecule has 4 N–H and O–H groups in total. The van der Waals surface area contributed by atoms with Gasteiger partial charge in [-0.3, -0.25) is 9.78 Å². The van der Waals surface area contributed by atoms with Gasteiger partial charge < -0.3 is 15.9 Å². The van der Waals surface area contributed by atoms with Gasteiger partial charge in [0, 0.05) is 12.4 Å². The molecule has 1 aromatic heterocycles. The average Bonchev–Trinajstić information content (AvgIpc) is 2.41. The summed E-state index contributed by atoms with van der Waals surface area (Å²) in [6.45, 7) is 0. The maximum absolute atomic E-state index is 10.4. The Labute approximate surface area is 109 Å². The Balaban J connectivity index is 0.000000191. The lowest BCUT2D eigenvalue weighted by atomic mass is 10.2. The maximum Gasteiger partial charge on any atom is 0.335 e. The van der Waals surface area contributed by atoms with Crippen molar-refractivity contribution in [3.8, 4) is 5.75 Å². The predicted molar refractivity (Wildman–Crippen MR) is 67.8 cm³/mol. The number of carboxylic acids is 1. The van der Waals surface area contributed by atoms with Gasteiger partial charge in [0.25, 0.3) is 0 Å². The molecule has 1 amide bonds. The van der Waals surface area contributed by atoms with Gasteiger partial charge in [0.2, 0.25) is 5.91 Å². The second kappa shape index (κ2) is 6.75. The molecule has 2 aromatic rings. The predicted octanol–water partition coefficient (Wildman–Crippen LogP) is 1.27. The number of phenols is 1. The number of carbonyl (C=O) groups is 2. The molecule has 0 aliphatic rings. The van der Waals surface area contributed by atoms with Crippen molar-refractivity contribution in [2.45, 2.75) is 0 Å². The van der Waals surface area contributed by atoms with Crippen LogP contribution in [0.2, 0.25) is 0 Å². The number of amides is 1. The lowest BCUT2D eigenvalue weighted by Gasteiger charge is -1.92. The van der Waals surface area contributed by atoms with Crippen LogP contribution in [-0.2, 0) is 0 Å². The van der Waals surface area contributed by atoms with Crippen LogP contribution in [-0.4, -0.2) is 27.1 Å². The number of aromatic nitrogens is 1. The quantitative estimate of drug-likeness (QED) is 0.752. The molecule has 19 heavy (non-hydrogen) atoms. The molecule has 0 spiro atoms. The van der Waals surface area contributed by atoms with E-state index >= 15 is 0 Å². The van der Waals surface area contributed by atoms with Crippen LogP contribution in [0.4, 0.5) is 0 Å². The fourth-order valence-electron chi connectivity index (χ4n) is 1.11. The van der Waals surface area contributed by atoms with Crippen molar-refractivity contribution in [1.29, 1.82) is 0 Å². The molecule has 0 unspecified atom stereocenters. The van der Waals surface area contributed by atoms with Crippen molar-refractivity contribution in [2.24, 2.45) is 5.73 Å². The lowest BCUT2D eigenvalue weighted by molar-refractivity contribution is 0.0696. The van der Waals surface area contributed by atoms with E-state index in [-0.39, 0.29) is 11.3 Å². The molecule has 0 bridgehead atoms. The third-order valence-electron chi connectivity index (χ3n) is 2.06. The average molecular weight is 260 g/mol. The molecule has 6 heteroatoms. The molecule has 0 atom stereocenters. The molecule has 1 aromatic carbocycles. The zero-order chi connectivity index (χ0) is 14.3. The van der Waals surface area contributed by atoms with Crippen molar-refractivity contribution in [3.05, 3.63) is 59.9 Å². The molecule has 98 valence electrons. The fraction of sp³-hybridized carbons (Fsp3) is 0. The molecule has 2 rings (SSSR count). The SMILES string of the molecule is NC(=O)c1cccnc1.O=C(O)c1ccc(O)cc1. The van der Waals surface area contributed by atoms with Crippen LogP contribution >= 0.6 is 0 Å². The largest absolute Gasteiger partial charge is 0.508 e. The van der Waals surface area contributed by atoms with Crippen molar-refractivity contribution in [1.82, 2.24) is 4.98 Å². The molecule has 0 radical (unpaired) electrons. The van der Waals surface area contributed by atoms with Crippen LogP contribution in [0, 0.1) is 0 Å². The van der Waals surface area contributed by atoms with Crippen LogP contribution in [0.25, 0.3) is 0 Å². The monoisotopic (exact) mass is 260 g/mol. The van der Waals surface area contributed by atoms with Crippen LogP contribution < -0.4 is 5.73 Å². The Morgan fingerprint density at radius 3 is 2.05 bits per heavy atom. The highest BCUT2D eigenvalue weighted by Crippen LogP contribution is 2.08. The second-order valence-corrected chi connectivity index (χ2v) is 3.46. The van der Waals surface area contributed by atoms with Gasteiger partial charge in [-0.1, -0.05) is 0 Å². The lowest BCUT2D eigenvalue weighted by Crippen LogP contribution is -2.10. The maximum atomic E-state index is 10.4. The van der Waals surface area contributed by atoms with E-state index in [1.54, 1.807) is 18.3 Å². The van der Waals surface area contributed by atoms with E-state index in [0.29, 0.717) is 5.56 Å². The summed E-state index contributed by atoms with van der Waals surface area (Å²) in [4.78, 5) is 24.3. The van der Waals surface area contributed by atoms with Gasteiger partial charge in [-0.05, 0) is 36.4 Å². The normalized spacial score (nSPS) is 9.05. The molecular formula is C13H12N2O4. The van der Waals surface area contributed by atoms with Crippen molar-refractivity contribution in [3.63, 3.8) is 0 Å². The summed E-state index contributed by atoms with van der Waals surface area (Å²) in [6, 6.07) is 8.65. The number of aromatic carboxylic acids is 1. The first-order chi connectivity index (χ1) is 9.00. The first-order valence-electron chi connectivity index (χ1n) is 5.23. The van der Waals surface area contributed by atoms with Crippen LogP contribution in [0.5, 0.6) is 5.75 Å². The zero-order valence-electron chi connectivity index (χ0n) is 9.85.